The molecule has 2 aliphatic rings. The predicted octanol–water partition coefficient (Wildman–Crippen LogP) is 3.98. The number of benzene rings is 2. The largest absolute Gasteiger partial charge is 0.341 e. The second-order valence-electron chi connectivity index (χ2n) is 9.13. The van der Waals surface area contributed by atoms with Gasteiger partial charge >= 0.3 is 0 Å². The van der Waals surface area contributed by atoms with E-state index in [-0.39, 0.29) is 0 Å². The molecule has 0 radical (unpaired) electrons. The molecule has 0 saturated carbocycles. The summed E-state index contributed by atoms with van der Waals surface area (Å²) in [5, 5.41) is 4.82. The molecule has 0 spiro atoms. The van der Waals surface area contributed by atoms with E-state index in [9.17, 15) is 8.42 Å². The molecule has 168 valence electrons. The number of nitrogens with zero attached hydrogens (tertiary/aromatic N) is 3. The fraction of sp³-hybridized carbons (Fsp3) is 0.440. The molecule has 2 unspecified atom stereocenters. The van der Waals surface area contributed by atoms with E-state index < -0.39 is 9.84 Å². The Kier molecular flexibility index (Phi) is 5.63. The molecule has 5 rings (SSSR count). The third-order valence-electron chi connectivity index (χ3n) is 6.86. The summed E-state index contributed by atoms with van der Waals surface area (Å²) in [6, 6.07) is 14.8. The first-order valence-corrected chi connectivity index (χ1v) is 13.3. The van der Waals surface area contributed by atoms with Gasteiger partial charge in [-0.05, 0) is 68.4 Å². The number of fused-ring (bicyclic) bond motifs is 2. The molecule has 0 bridgehead atoms. The van der Waals surface area contributed by atoms with Crippen LogP contribution in [-0.2, 0) is 16.3 Å². The summed E-state index contributed by atoms with van der Waals surface area (Å²) in [6.07, 6.45) is 6.83. The lowest BCUT2D eigenvalue weighted by Gasteiger charge is -2.23. The maximum absolute atomic E-state index is 12.0. The molecular formula is C25H30N4O2S. The second-order valence-corrected chi connectivity index (χ2v) is 11.1. The van der Waals surface area contributed by atoms with Crippen LogP contribution in [0.5, 0.6) is 0 Å². The first kappa shape index (κ1) is 21.3. The quantitative estimate of drug-likeness (QED) is 0.648. The summed E-state index contributed by atoms with van der Waals surface area (Å²) in [7, 11) is -3.27. The number of rotatable bonds is 4. The Bertz CT molecular complexity index is 1260. The normalized spacial score (nSPS) is 21.5. The lowest BCUT2D eigenvalue weighted by atomic mass is 10.0. The number of anilines is 1. The van der Waals surface area contributed by atoms with Crippen LogP contribution in [0.3, 0.4) is 0 Å². The van der Waals surface area contributed by atoms with Gasteiger partial charge in [-0.15, -0.1) is 0 Å². The van der Waals surface area contributed by atoms with E-state index >= 15 is 0 Å². The van der Waals surface area contributed by atoms with Gasteiger partial charge in [0.1, 0.15) is 0 Å². The van der Waals surface area contributed by atoms with Gasteiger partial charge in [0, 0.05) is 36.8 Å². The van der Waals surface area contributed by atoms with Crippen LogP contribution >= 0.6 is 0 Å². The number of hydrogen-bond acceptors (Lipinski definition) is 6. The zero-order valence-electron chi connectivity index (χ0n) is 18.7. The molecule has 1 aromatic heterocycles. The Labute approximate surface area is 190 Å². The lowest BCUT2D eigenvalue weighted by Crippen LogP contribution is -2.33. The number of hydrogen-bond donors (Lipinski definition) is 1. The highest BCUT2D eigenvalue weighted by molar-refractivity contribution is 7.90. The van der Waals surface area contributed by atoms with Crippen molar-refractivity contribution >= 4 is 26.7 Å². The average Bonchev–Trinajstić information content (AvgIpc) is 3.02. The molecule has 1 saturated heterocycles. The fourth-order valence-corrected chi connectivity index (χ4v) is 5.74. The van der Waals surface area contributed by atoms with E-state index in [4.69, 9.17) is 9.97 Å². The van der Waals surface area contributed by atoms with E-state index in [0.29, 0.717) is 28.4 Å². The topological polar surface area (TPSA) is 75.2 Å². The summed E-state index contributed by atoms with van der Waals surface area (Å²) in [4.78, 5) is 12.1. The van der Waals surface area contributed by atoms with Gasteiger partial charge in [0.25, 0.3) is 0 Å². The van der Waals surface area contributed by atoms with Crippen molar-refractivity contribution in [2.75, 3.05) is 24.2 Å². The molecule has 1 aliphatic carbocycles. The Hall–Kier alpha value is -2.51. The van der Waals surface area contributed by atoms with Crippen molar-refractivity contribution < 1.29 is 8.42 Å². The van der Waals surface area contributed by atoms with Crippen molar-refractivity contribution in [1.82, 2.24) is 15.3 Å². The highest BCUT2D eigenvalue weighted by Crippen LogP contribution is 2.32. The van der Waals surface area contributed by atoms with Gasteiger partial charge in [-0.2, -0.15) is 0 Å². The molecule has 2 atom stereocenters. The Balaban J connectivity index is 1.33. The van der Waals surface area contributed by atoms with Gasteiger partial charge in [0.15, 0.2) is 9.84 Å². The van der Waals surface area contributed by atoms with Crippen molar-refractivity contribution in [2.24, 2.45) is 0 Å². The monoisotopic (exact) mass is 450 g/mol. The van der Waals surface area contributed by atoms with Gasteiger partial charge < -0.3 is 10.2 Å². The van der Waals surface area contributed by atoms with Crippen molar-refractivity contribution in [2.45, 2.75) is 56.0 Å². The minimum atomic E-state index is -3.27. The predicted molar refractivity (Wildman–Crippen MR) is 128 cm³/mol. The Morgan fingerprint density at radius 3 is 2.72 bits per heavy atom. The number of aromatic nitrogens is 2. The van der Waals surface area contributed by atoms with E-state index in [1.54, 1.807) is 12.1 Å². The van der Waals surface area contributed by atoms with Crippen LogP contribution < -0.4 is 10.2 Å². The molecule has 0 amide bonds. The van der Waals surface area contributed by atoms with Crippen LogP contribution in [0.1, 0.15) is 48.5 Å². The van der Waals surface area contributed by atoms with Gasteiger partial charge in [-0.1, -0.05) is 24.3 Å². The molecule has 2 aromatic carbocycles. The zero-order valence-corrected chi connectivity index (χ0v) is 19.5. The SMILES string of the molecule is Cc1nc(N2CCCC(NC3CCc4ccccc43)CC2)nc2cc(S(C)(=O)=O)ccc12. The molecular weight excluding hydrogens is 420 g/mol. The third kappa shape index (κ3) is 4.24. The van der Waals surface area contributed by atoms with Crippen molar-refractivity contribution in [3.8, 4) is 0 Å². The van der Waals surface area contributed by atoms with Crippen LogP contribution in [0, 0.1) is 6.92 Å². The Morgan fingerprint density at radius 2 is 1.88 bits per heavy atom. The zero-order chi connectivity index (χ0) is 22.3. The van der Waals surface area contributed by atoms with E-state index in [0.717, 1.165) is 49.9 Å². The number of nitrogens with one attached hydrogen (secondary N) is 1. The minimum absolute atomic E-state index is 0.297. The van der Waals surface area contributed by atoms with Crippen LogP contribution in [-0.4, -0.2) is 43.8 Å². The molecule has 1 N–H and O–H groups in total. The van der Waals surface area contributed by atoms with Crippen LogP contribution in [0.4, 0.5) is 5.95 Å². The smallest absolute Gasteiger partial charge is 0.226 e. The maximum Gasteiger partial charge on any atom is 0.226 e. The molecule has 3 aromatic rings. The standard InChI is InChI=1S/C25H30N4O2S/c1-17-21-11-10-20(32(2,30)31)16-24(21)28-25(26-17)29-14-5-7-19(13-15-29)27-23-12-9-18-6-3-4-8-22(18)23/h3-4,6,8,10-11,16,19,23,27H,5,7,9,12-15H2,1-2H3. The van der Waals surface area contributed by atoms with Gasteiger partial charge in [0.2, 0.25) is 5.95 Å². The third-order valence-corrected chi connectivity index (χ3v) is 7.97. The maximum atomic E-state index is 12.0. The Morgan fingerprint density at radius 1 is 1.03 bits per heavy atom. The summed E-state index contributed by atoms with van der Waals surface area (Å²) < 4.78 is 24.0. The van der Waals surface area contributed by atoms with Crippen LogP contribution in [0.15, 0.2) is 47.4 Å². The van der Waals surface area contributed by atoms with Crippen molar-refractivity contribution in [3.63, 3.8) is 0 Å². The minimum Gasteiger partial charge on any atom is -0.341 e. The molecule has 1 aliphatic heterocycles. The lowest BCUT2D eigenvalue weighted by molar-refractivity contribution is 0.404. The summed E-state index contributed by atoms with van der Waals surface area (Å²) in [6.45, 7) is 3.77. The summed E-state index contributed by atoms with van der Waals surface area (Å²) >= 11 is 0. The number of aryl methyl sites for hydroxylation is 2. The van der Waals surface area contributed by atoms with E-state index in [2.05, 4.69) is 34.5 Å². The molecule has 2 heterocycles. The molecule has 7 heteroatoms. The van der Waals surface area contributed by atoms with E-state index in [1.165, 1.54) is 23.8 Å². The second kappa shape index (κ2) is 8.45. The highest BCUT2D eigenvalue weighted by atomic mass is 32.2. The van der Waals surface area contributed by atoms with E-state index in [1.807, 2.05) is 13.0 Å². The van der Waals surface area contributed by atoms with Crippen molar-refractivity contribution in [3.05, 3.63) is 59.3 Å². The number of sulfone groups is 1. The summed E-state index contributed by atoms with van der Waals surface area (Å²) in [5.74, 6) is 0.701. The first-order valence-electron chi connectivity index (χ1n) is 11.5. The van der Waals surface area contributed by atoms with Gasteiger partial charge in [-0.25, -0.2) is 18.4 Å². The molecule has 1 fully saturated rings. The first-order chi connectivity index (χ1) is 15.4. The van der Waals surface area contributed by atoms with Gasteiger partial charge in [0.05, 0.1) is 16.1 Å². The van der Waals surface area contributed by atoms with Crippen LogP contribution in [0.25, 0.3) is 10.9 Å². The fourth-order valence-electron chi connectivity index (χ4n) is 5.10. The van der Waals surface area contributed by atoms with Gasteiger partial charge in [-0.3, -0.25) is 0 Å². The van der Waals surface area contributed by atoms with Crippen molar-refractivity contribution in [1.29, 1.82) is 0 Å². The molecule has 6 nitrogen and oxygen atoms in total. The highest BCUT2D eigenvalue weighted by Gasteiger charge is 2.26. The van der Waals surface area contributed by atoms with Crippen LogP contribution in [0.2, 0.25) is 0 Å². The summed E-state index contributed by atoms with van der Waals surface area (Å²) in [5.41, 5.74) is 4.51. The molecule has 32 heavy (non-hydrogen) atoms. The average molecular weight is 451 g/mol.